The van der Waals surface area contributed by atoms with Crippen LogP contribution in [0.1, 0.15) is 48.8 Å². The fourth-order valence-corrected chi connectivity index (χ4v) is 5.81. The molecule has 0 aromatic heterocycles. The molecule has 0 unspecified atom stereocenters. The molecular weight excluding hydrogens is 326 g/mol. The van der Waals surface area contributed by atoms with Gasteiger partial charge < -0.3 is 10.6 Å². The first-order valence-electron chi connectivity index (χ1n) is 9.77. The van der Waals surface area contributed by atoms with Gasteiger partial charge in [-0.15, -0.1) is 0 Å². The van der Waals surface area contributed by atoms with E-state index in [1.54, 1.807) is 0 Å². The topological polar surface area (TPSA) is 76.9 Å². The van der Waals surface area contributed by atoms with Gasteiger partial charge >= 0.3 is 5.71 Å². The van der Waals surface area contributed by atoms with Crippen molar-refractivity contribution in [1.29, 1.82) is 0 Å². The van der Waals surface area contributed by atoms with Gasteiger partial charge in [0.2, 0.25) is 5.78 Å². The maximum atomic E-state index is 12.7. The molecule has 3 fully saturated rings. The van der Waals surface area contributed by atoms with E-state index in [9.17, 15) is 15.4 Å². The third-order valence-electron chi connectivity index (χ3n) is 7.37. The van der Waals surface area contributed by atoms with Crippen LogP contribution in [0.3, 0.4) is 0 Å². The van der Waals surface area contributed by atoms with Gasteiger partial charge in [0, 0.05) is 24.4 Å². The minimum Gasteiger partial charge on any atom is -0.387 e. The monoisotopic (exact) mass is 351 g/mol. The standard InChI is InChI=1S/C21H25N3O2/c1-13-2-5-15-9-19-21(26)10-17(23-22)18(25)11-20(21,16(15)8-13)6-7-24(19)12-14-3-4-14/h2,5,8,14,19,26H,3-4,6-7,9-12H2,1H3/t19-,20-,21-/m1/s1. The van der Waals surface area contributed by atoms with Crippen molar-refractivity contribution in [3.05, 3.63) is 40.4 Å². The van der Waals surface area contributed by atoms with E-state index in [1.807, 2.05) is 0 Å². The smallest absolute Gasteiger partial charge is 0.337 e. The van der Waals surface area contributed by atoms with Crippen molar-refractivity contribution < 1.29 is 14.7 Å². The summed E-state index contributed by atoms with van der Waals surface area (Å²) in [5.41, 5.74) is 11.4. The third kappa shape index (κ3) is 2.08. The van der Waals surface area contributed by atoms with E-state index < -0.39 is 11.0 Å². The minimum absolute atomic E-state index is 0.0168. The number of ketones is 1. The Hall–Kier alpha value is -1.81. The summed E-state index contributed by atoms with van der Waals surface area (Å²) >= 11 is 0. The van der Waals surface area contributed by atoms with E-state index in [4.69, 9.17) is 0 Å². The van der Waals surface area contributed by atoms with Crippen LogP contribution in [0.25, 0.3) is 5.53 Å². The van der Waals surface area contributed by atoms with Gasteiger partial charge in [-0.2, -0.15) is 4.79 Å². The molecule has 1 aromatic carbocycles. The molecule has 0 radical (unpaired) electrons. The molecule has 5 heteroatoms. The molecule has 3 atom stereocenters. The first kappa shape index (κ1) is 16.4. The Labute approximate surface area is 153 Å². The largest absolute Gasteiger partial charge is 0.387 e. The van der Waals surface area contributed by atoms with Gasteiger partial charge in [0.05, 0.1) is 6.42 Å². The number of likely N-dealkylation sites (tertiary alicyclic amines) is 1. The maximum absolute atomic E-state index is 12.7. The lowest BCUT2D eigenvalue weighted by atomic mass is 9.49. The molecule has 4 aliphatic rings. The van der Waals surface area contributed by atoms with Crippen molar-refractivity contribution in [2.75, 3.05) is 13.1 Å². The molecule has 0 spiro atoms. The SMILES string of the molecule is Cc1ccc2c(c1)[C@]13CCN(CC4CC4)[C@H](C2)[C@]1(O)CC(=[N+]=[N-])C(=O)C3. The van der Waals surface area contributed by atoms with Crippen molar-refractivity contribution >= 4 is 11.5 Å². The summed E-state index contributed by atoms with van der Waals surface area (Å²) in [6.07, 6.45) is 4.55. The molecule has 1 aliphatic heterocycles. The number of aliphatic hydroxyl groups is 1. The number of benzene rings is 1. The summed E-state index contributed by atoms with van der Waals surface area (Å²) in [5, 5.41) is 12.0. The van der Waals surface area contributed by atoms with E-state index in [2.05, 4.69) is 34.8 Å². The molecule has 3 aliphatic carbocycles. The van der Waals surface area contributed by atoms with Crippen molar-refractivity contribution in [1.82, 2.24) is 4.90 Å². The number of piperidine rings is 1. The fourth-order valence-electron chi connectivity index (χ4n) is 5.81. The highest BCUT2D eigenvalue weighted by molar-refractivity contribution is 6.38. The molecule has 5 nitrogen and oxygen atoms in total. The highest BCUT2D eigenvalue weighted by Gasteiger charge is 2.67. The van der Waals surface area contributed by atoms with Crippen LogP contribution < -0.4 is 0 Å². The molecule has 1 aromatic rings. The lowest BCUT2D eigenvalue weighted by Crippen LogP contribution is -2.74. The lowest BCUT2D eigenvalue weighted by molar-refractivity contribution is -0.165. The molecule has 2 bridgehead atoms. The Morgan fingerprint density at radius 2 is 2.15 bits per heavy atom. The Bertz CT molecular complexity index is 855. The number of rotatable bonds is 2. The Morgan fingerprint density at radius 1 is 1.35 bits per heavy atom. The van der Waals surface area contributed by atoms with E-state index in [-0.39, 0.29) is 30.4 Å². The van der Waals surface area contributed by atoms with Gasteiger partial charge in [-0.3, -0.25) is 9.69 Å². The number of carbonyl (C=O) groups is 1. The highest BCUT2D eigenvalue weighted by atomic mass is 16.3. The van der Waals surface area contributed by atoms with Crippen LogP contribution in [0, 0.1) is 12.8 Å². The predicted octanol–water partition coefficient (Wildman–Crippen LogP) is 2.04. The van der Waals surface area contributed by atoms with Gasteiger partial charge in [-0.05, 0) is 56.2 Å². The minimum atomic E-state index is -1.05. The second kappa shape index (κ2) is 5.35. The van der Waals surface area contributed by atoms with Gasteiger partial charge in [0.15, 0.2) is 0 Å². The molecule has 1 saturated heterocycles. The summed E-state index contributed by atoms with van der Waals surface area (Å²) in [6.45, 7) is 4.02. The number of nitrogens with zero attached hydrogens (tertiary/aromatic N) is 3. The quantitative estimate of drug-likeness (QED) is 0.654. The first-order valence-corrected chi connectivity index (χ1v) is 9.77. The zero-order chi connectivity index (χ0) is 18.1. The van der Waals surface area contributed by atoms with E-state index >= 15 is 0 Å². The normalized spacial score (nSPS) is 36.3. The molecule has 2 saturated carbocycles. The summed E-state index contributed by atoms with van der Waals surface area (Å²) in [4.78, 5) is 18.4. The number of carbonyl (C=O) groups excluding carboxylic acids is 1. The summed E-state index contributed by atoms with van der Waals surface area (Å²) < 4.78 is 0. The van der Waals surface area contributed by atoms with Crippen LogP contribution in [0.4, 0.5) is 0 Å². The predicted molar refractivity (Wildman–Crippen MR) is 97.1 cm³/mol. The Morgan fingerprint density at radius 3 is 2.88 bits per heavy atom. The summed E-state index contributed by atoms with van der Waals surface area (Å²) in [7, 11) is 0. The number of hydrogen-bond acceptors (Lipinski definition) is 3. The zero-order valence-corrected chi connectivity index (χ0v) is 15.2. The average molecular weight is 351 g/mol. The maximum Gasteiger partial charge on any atom is 0.337 e. The summed E-state index contributed by atoms with van der Waals surface area (Å²) in [6, 6.07) is 6.46. The molecule has 1 N–H and O–H groups in total. The number of fused-ring (bicyclic) bond motifs is 1. The molecular formula is C21H25N3O2. The van der Waals surface area contributed by atoms with Crippen molar-refractivity contribution in [3.63, 3.8) is 0 Å². The van der Waals surface area contributed by atoms with Crippen LogP contribution in [-0.4, -0.2) is 51.0 Å². The number of hydrogen-bond donors (Lipinski definition) is 1. The third-order valence-corrected chi connectivity index (χ3v) is 7.37. The average Bonchev–Trinajstić information content (AvgIpc) is 3.42. The van der Waals surface area contributed by atoms with Crippen molar-refractivity contribution in [2.24, 2.45) is 5.92 Å². The van der Waals surface area contributed by atoms with Crippen LogP contribution in [0.5, 0.6) is 0 Å². The lowest BCUT2D eigenvalue weighted by Gasteiger charge is -2.62. The van der Waals surface area contributed by atoms with Crippen LogP contribution in [0.2, 0.25) is 0 Å². The first-order chi connectivity index (χ1) is 12.5. The molecule has 136 valence electrons. The molecule has 1 heterocycles. The van der Waals surface area contributed by atoms with E-state index in [0.29, 0.717) is 0 Å². The Kier molecular flexibility index (Phi) is 3.37. The van der Waals surface area contributed by atoms with Crippen molar-refractivity contribution in [2.45, 2.75) is 62.5 Å². The second-order valence-electron chi connectivity index (χ2n) is 8.90. The van der Waals surface area contributed by atoms with Gasteiger partial charge in [-0.25, -0.2) is 0 Å². The molecule has 5 rings (SSSR count). The Balaban J connectivity index is 1.68. The van der Waals surface area contributed by atoms with E-state index in [1.165, 1.54) is 18.4 Å². The van der Waals surface area contributed by atoms with Crippen molar-refractivity contribution in [3.8, 4) is 0 Å². The van der Waals surface area contributed by atoms with Crippen LogP contribution >= 0.6 is 0 Å². The molecule has 26 heavy (non-hydrogen) atoms. The second-order valence-corrected chi connectivity index (χ2v) is 8.90. The van der Waals surface area contributed by atoms with Crippen LogP contribution in [-0.2, 0) is 16.6 Å². The van der Waals surface area contributed by atoms with Crippen LogP contribution in [0.15, 0.2) is 18.2 Å². The zero-order valence-electron chi connectivity index (χ0n) is 15.2. The number of Topliss-reactive ketones (excluding diaryl/α,β-unsaturated/α-hetero) is 1. The van der Waals surface area contributed by atoms with Gasteiger partial charge in [0.25, 0.3) is 0 Å². The number of aryl methyl sites for hydroxylation is 1. The molecule has 0 amide bonds. The fraction of sp³-hybridized carbons (Fsp3) is 0.619. The van der Waals surface area contributed by atoms with Gasteiger partial charge in [-0.1, -0.05) is 23.8 Å². The van der Waals surface area contributed by atoms with E-state index in [0.717, 1.165) is 43.0 Å². The summed E-state index contributed by atoms with van der Waals surface area (Å²) in [5.74, 6) is 0.627. The highest BCUT2D eigenvalue weighted by Crippen LogP contribution is 2.57. The van der Waals surface area contributed by atoms with Gasteiger partial charge in [0.1, 0.15) is 5.60 Å².